The second kappa shape index (κ2) is 9.91. The third-order valence-corrected chi connectivity index (χ3v) is 4.17. The summed E-state index contributed by atoms with van der Waals surface area (Å²) in [5.41, 5.74) is 1.46. The average Bonchev–Trinajstić information content (AvgIpc) is 2.50. The van der Waals surface area contributed by atoms with Gasteiger partial charge in [0.2, 0.25) is 0 Å². The van der Waals surface area contributed by atoms with Gasteiger partial charge in [0.15, 0.2) is 0 Å². The Morgan fingerprint density at radius 3 is 2.25 bits per heavy atom. The van der Waals surface area contributed by atoms with Crippen LogP contribution in [0.5, 0.6) is 0 Å². The topological polar surface area (TPSA) is 67.2 Å². The molecule has 0 amide bonds. The van der Waals surface area contributed by atoms with Gasteiger partial charge in [-0.25, -0.2) is 0 Å². The fourth-order valence-corrected chi connectivity index (χ4v) is 2.73. The van der Waals surface area contributed by atoms with Gasteiger partial charge in [0.1, 0.15) is 0 Å². The van der Waals surface area contributed by atoms with Gasteiger partial charge in [-0.15, -0.1) is 12.4 Å². The highest BCUT2D eigenvalue weighted by Crippen LogP contribution is 2.26. The number of benzene rings is 2. The van der Waals surface area contributed by atoms with Crippen LogP contribution in [0.4, 0.5) is 11.4 Å². The Balaban J connectivity index is 0.00000288. The zero-order valence-corrected chi connectivity index (χ0v) is 15.5. The van der Waals surface area contributed by atoms with E-state index < -0.39 is 4.92 Å². The first kappa shape index (κ1) is 20.8. The molecule has 0 aliphatic carbocycles. The summed E-state index contributed by atoms with van der Waals surface area (Å²) in [6.45, 7) is 1.79. The Kier molecular flexibility index (Phi) is 8.59. The number of nitro groups is 1. The molecule has 0 bridgehead atoms. The van der Waals surface area contributed by atoms with E-state index in [2.05, 4.69) is 10.6 Å². The lowest BCUT2D eigenvalue weighted by Crippen LogP contribution is -2.22. The van der Waals surface area contributed by atoms with Crippen LogP contribution < -0.4 is 10.6 Å². The average molecular weight is 411 g/mol. The highest BCUT2D eigenvalue weighted by Gasteiger charge is 2.09. The molecule has 0 saturated heterocycles. The Bertz CT molecular complexity index is 693. The molecule has 24 heavy (non-hydrogen) atoms. The second-order valence-corrected chi connectivity index (χ2v) is 5.95. The largest absolute Gasteiger partial charge is 0.383 e. The third kappa shape index (κ3) is 5.69. The lowest BCUT2D eigenvalue weighted by atomic mass is 10.2. The van der Waals surface area contributed by atoms with Crippen molar-refractivity contribution in [2.45, 2.75) is 6.54 Å². The van der Waals surface area contributed by atoms with Gasteiger partial charge in [-0.3, -0.25) is 10.1 Å². The number of anilines is 1. The van der Waals surface area contributed by atoms with E-state index in [1.54, 1.807) is 24.3 Å². The number of non-ortho nitro benzene ring substituents is 1. The Morgan fingerprint density at radius 2 is 1.67 bits per heavy atom. The number of hydrogen-bond acceptors (Lipinski definition) is 4. The van der Waals surface area contributed by atoms with Crippen molar-refractivity contribution in [2.24, 2.45) is 0 Å². The Hall–Kier alpha value is -1.24. The SMILES string of the molecule is Cl.O=[N+]([O-])c1ccc(NCCNCc2c(Cl)cccc2Cl)c(Cl)c1. The normalized spacial score (nSPS) is 10.1. The molecule has 0 fully saturated rings. The summed E-state index contributed by atoms with van der Waals surface area (Å²) in [4.78, 5) is 10.2. The molecule has 2 aromatic rings. The molecule has 0 aliphatic rings. The molecule has 0 atom stereocenters. The van der Waals surface area contributed by atoms with Crippen molar-refractivity contribution in [3.8, 4) is 0 Å². The van der Waals surface area contributed by atoms with Crippen molar-refractivity contribution >= 4 is 58.6 Å². The number of halogens is 4. The number of nitro benzene ring substituents is 1. The van der Waals surface area contributed by atoms with Crippen molar-refractivity contribution < 1.29 is 4.92 Å². The van der Waals surface area contributed by atoms with E-state index in [0.29, 0.717) is 40.4 Å². The first-order chi connectivity index (χ1) is 11.0. The summed E-state index contributed by atoms with van der Waals surface area (Å²) in [6.07, 6.45) is 0. The molecular weight excluding hydrogens is 396 g/mol. The summed E-state index contributed by atoms with van der Waals surface area (Å²) < 4.78 is 0. The molecule has 0 aromatic heterocycles. The molecule has 2 aromatic carbocycles. The highest BCUT2D eigenvalue weighted by molar-refractivity contribution is 6.36. The van der Waals surface area contributed by atoms with Crippen molar-refractivity contribution in [3.05, 3.63) is 67.1 Å². The molecule has 9 heteroatoms. The lowest BCUT2D eigenvalue weighted by Gasteiger charge is -2.11. The number of rotatable bonds is 7. The minimum Gasteiger partial charge on any atom is -0.383 e. The molecule has 0 spiro atoms. The second-order valence-electron chi connectivity index (χ2n) is 4.73. The predicted octanol–water partition coefficient (Wildman–Crippen LogP) is 5.18. The summed E-state index contributed by atoms with van der Waals surface area (Å²) in [5, 5.41) is 18.5. The fraction of sp³-hybridized carbons (Fsp3) is 0.200. The maximum atomic E-state index is 10.6. The molecule has 130 valence electrons. The molecule has 0 aliphatic heterocycles. The van der Waals surface area contributed by atoms with Crippen molar-refractivity contribution in [1.82, 2.24) is 5.32 Å². The van der Waals surface area contributed by atoms with Gasteiger partial charge in [-0.1, -0.05) is 40.9 Å². The van der Waals surface area contributed by atoms with Crippen LogP contribution in [0, 0.1) is 10.1 Å². The molecule has 2 N–H and O–H groups in total. The first-order valence-corrected chi connectivity index (χ1v) is 7.94. The predicted molar refractivity (Wildman–Crippen MR) is 102 cm³/mol. The Labute approximate surface area is 160 Å². The maximum absolute atomic E-state index is 10.6. The van der Waals surface area contributed by atoms with E-state index in [0.717, 1.165) is 5.56 Å². The zero-order chi connectivity index (χ0) is 16.8. The minimum atomic E-state index is -0.482. The number of nitrogens with zero attached hydrogens (tertiary/aromatic N) is 1. The quantitative estimate of drug-likeness (QED) is 0.375. The molecule has 0 heterocycles. The van der Waals surface area contributed by atoms with Crippen LogP contribution in [0.25, 0.3) is 0 Å². The van der Waals surface area contributed by atoms with Gasteiger partial charge in [0.05, 0.1) is 15.6 Å². The van der Waals surface area contributed by atoms with E-state index in [-0.39, 0.29) is 18.1 Å². The van der Waals surface area contributed by atoms with Crippen LogP contribution in [-0.4, -0.2) is 18.0 Å². The van der Waals surface area contributed by atoms with Crippen LogP contribution in [0.2, 0.25) is 15.1 Å². The van der Waals surface area contributed by atoms with Crippen molar-refractivity contribution in [2.75, 3.05) is 18.4 Å². The van der Waals surface area contributed by atoms with Gasteiger partial charge >= 0.3 is 0 Å². The maximum Gasteiger partial charge on any atom is 0.271 e. The zero-order valence-electron chi connectivity index (χ0n) is 12.4. The standard InChI is InChI=1S/C15H14Cl3N3O2.ClH/c16-12-2-1-3-13(17)11(12)9-19-6-7-20-15-5-4-10(21(22)23)8-14(15)18;/h1-5,8,19-20H,6-7,9H2;1H. The summed E-state index contributed by atoms with van der Waals surface area (Å²) in [5.74, 6) is 0. The van der Waals surface area contributed by atoms with Gasteiger partial charge in [0.25, 0.3) is 5.69 Å². The summed E-state index contributed by atoms with van der Waals surface area (Å²) in [7, 11) is 0. The third-order valence-electron chi connectivity index (χ3n) is 3.14. The van der Waals surface area contributed by atoms with E-state index in [4.69, 9.17) is 34.8 Å². The summed E-state index contributed by atoms with van der Waals surface area (Å²) >= 11 is 18.2. The van der Waals surface area contributed by atoms with Gasteiger partial charge < -0.3 is 10.6 Å². The lowest BCUT2D eigenvalue weighted by molar-refractivity contribution is -0.384. The van der Waals surface area contributed by atoms with E-state index in [9.17, 15) is 10.1 Å². The van der Waals surface area contributed by atoms with Crippen molar-refractivity contribution in [1.29, 1.82) is 0 Å². The van der Waals surface area contributed by atoms with Crippen LogP contribution in [0.15, 0.2) is 36.4 Å². The van der Waals surface area contributed by atoms with Gasteiger partial charge in [-0.2, -0.15) is 0 Å². The van der Waals surface area contributed by atoms with Crippen LogP contribution in [-0.2, 0) is 6.54 Å². The smallest absolute Gasteiger partial charge is 0.271 e. The number of hydrogen-bond donors (Lipinski definition) is 2. The van der Waals surface area contributed by atoms with Crippen LogP contribution in [0.3, 0.4) is 0 Å². The molecule has 0 saturated carbocycles. The highest BCUT2D eigenvalue weighted by atomic mass is 35.5. The molecule has 2 rings (SSSR count). The monoisotopic (exact) mass is 409 g/mol. The first-order valence-electron chi connectivity index (χ1n) is 6.80. The fourth-order valence-electron chi connectivity index (χ4n) is 1.96. The van der Waals surface area contributed by atoms with Gasteiger partial charge in [-0.05, 0) is 18.2 Å². The van der Waals surface area contributed by atoms with E-state index in [1.165, 1.54) is 12.1 Å². The van der Waals surface area contributed by atoms with E-state index >= 15 is 0 Å². The summed E-state index contributed by atoms with van der Waals surface area (Å²) in [6, 6.07) is 9.70. The molecule has 0 unspecified atom stereocenters. The Morgan fingerprint density at radius 1 is 1.00 bits per heavy atom. The molecular formula is C15H15Cl4N3O2. The van der Waals surface area contributed by atoms with E-state index in [1.807, 2.05) is 0 Å². The molecule has 5 nitrogen and oxygen atoms in total. The van der Waals surface area contributed by atoms with Gasteiger partial charge in [0, 0.05) is 47.4 Å². The van der Waals surface area contributed by atoms with Crippen molar-refractivity contribution in [3.63, 3.8) is 0 Å². The molecule has 0 radical (unpaired) electrons. The minimum absolute atomic E-state index is 0. The van der Waals surface area contributed by atoms with Crippen LogP contribution in [0.1, 0.15) is 5.56 Å². The van der Waals surface area contributed by atoms with Crippen LogP contribution >= 0.6 is 47.2 Å². The number of nitrogens with one attached hydrogen (secondary N) is 2.